The summed E-state index contributed by atoms with van der Waals surface area (Å²) in [6, 6.07) is 16.5. The molecule has 0 fully saturated rings. The van der Waals surface area contributed by atoms with Crippen molar-refractivity contribution in [2.24, 2.45) is 0 Å². The first-order valence-corrected chi connectivity index (χ1v) is 7.59. The number of para-hydroxylation sites is 1. The van der Waals surface area contributed by atoms with Gasteiger partial charge in [0.2, 0.25) is 0 Å². The Kier molecular flexibility index (Phi) is 4.89. The first-order chi connectivity index (χ1) is 12.2. The number of nitrogens with one attached hydrogen (secondary N) is 2. The Morgan fingerprint density at radius 3 is 2.64 bits per heavy atom. The van der Waals surface area contributed by atoms with Crippen LogP contribution in [0, 0.1) is 5.82 Å². The van der Waals surface area contributed by atoms with Gasteiger partial charge in [-0.2, -0.15) is 0 Å². The summed E-state index contributed by atoms with van der Waals surface area (Å²) >= 11 is 0. The molecule has 1 amide bonds. The number of nitrogens with zero attached hydrogens (tertiary/aromatic N) is 1. The molecule has 0 aliphatic rings. The van der Waals surface area contributed by atoms with Crippen molar-refractivity contribution in [3.8, 4) is 5.75 Å². The van der Waals surface area contributed by atoms with Crippen molar-refractivity contribution >= 4 is 23.1 Å². The maximum atomic E-state index is 13.6. The van der Waals surface area contributed by atoms with Gasteiger partial charge in [-0.3, -0.25) is 4.79 Å². The number of carbonyl (C=O) groups is 1. The van der Waals surface area contributed by atoms with Gasteiger partial charge in [-0.15, -0.1) is 0 Å². The number of benzene rings is 2. The van der Waals surface area contributed by atoms with E-state index < -0.39 is 0 Å². The average Bonchev–Trinajstić information content (AvgIpc) is 2.65. The molecule has 0 saturated carbocycles. The molecule has 25 heavy (non-hydrogen) atoms. The Labute approximate surface area is 144 Å². The van der Waals surface area contributed by atoms with E-state index in [2.05, 4.69) is 15.6 Å². The normalized spacial score (nSPS) is 10.2. The molecule has 0 saturated heterocycles. The number of anilines is 3. The predicted octanol–water partition coefficient (Wildman–Crippen LogP) is 4.23. The average molecular weight is 337 g/mol. The standard InChI is InChI=1S/C19H16FN3O2/c1-25-15-6-4-5-13(11-15)19(24)22-14-9-10-18(21-12-14)23-17-8-3-2-7-16(17)20/h2-12H,1H3,(H,21,23)(H,22,24). The van der Waals surface area contributed by atoms with Gasteiger partial charge >= 0.3 is 0 Å². The summed E-state index contributed by atoms with van der Waals surface area (Å²) in [6.45, 7) is 0. The fourth-order valence-corrected chi connectivity index (χ4v) is 2.21. The molecule has 6 heteroatoms. The molecule has 0 spiro atoms. The van der Waals surface area contributed by atoms with E-state index in [1.165, 1.54) is 12.3 Å². The Morgan fingerprint density at radius 2 is 1.92 bits per heavy atom. The third kappa shape index (κ3) is 4.11. The molecule has 2 aromatic carbocycles. The number of rotatable bonds is 5. The van der Waals surface area contributed by atoms with Gasteiger partial charge < -0.3 is 15.4 Å². The van der Waals surface area contributed by atoms with Crippen LogP contribution in [0.4, 0.5) is 21.6 Å². The Morgan fingerprint density at radius 1 is 1.08 bits per heavy atom. The number of methoxy groups -OCH3 is 1. The molecular weight excluding hydrogens is 321 g/mol. The minimum atomic E-state index is -0.361. The van der Waals surface area contributed by atoms with E-state index in [0.29, 0.717) is 28.5 Å². The van der Waals surface area contributed by atoms with Crippen LogP contribution < -0.4 is 15.4 Å². The Balaban J connectivity index is 1.68. The van der Waals surface area contributed by atoms with Crippen molar-refractivity contribution in [1.82, 2.24) is 4.98 Å². The second-order valence-corrected chi connectivity index (χ2v) is 5.22. The van der Waals surface area contributed by atoms with Gasteiger partial charge in [0.15, 0.2) is 0 Å². The van der Waals surface area contributed by atoms with Crippen molar-refractivity contribution in [3.63, 3.8) is 0 Å². The van der Waals surface area contributed by atoms with Gasteiger partial charge in [0.1, 0.15) is 17.4 Å². The summed E-state index contributed by atoms with van der Waals surface area (Å²) in [5, 5.41) is 5.64. The number of hydrogen-bond acceptors (Lipinski definition) is 4. The highest BCUT2D eigenvalue weighted by Crippen LogP contribution is 2.19. The molecule has 0 unspecified atom stereocenters. The fourth-order valence-electron chi connectivity index (χ4n) is 2.21. The third-order valence-corrected chi connectivity index (χ3v) is 3.49. The maximum absolute atomic E-state index is 13.6. The lowest BCUT2D eigenvalue weighted by atomic mass is 10.2. The molecule has 126 valence electrons. The summed E-state index contributed by atoms with van der Waals surface area (Å²) in [7, 11) is 1.54. The third-order valence-electron chi connectivity index (χ3n) is 3.49. The van der Waals surface area contributed by atoms with E-state index in [-0.39, 0.29) is 11.7 Å². The topological polar surface area (TPSA) is 63.2 Å². The van der Waals surface area contributed by atoms with Crippen LogP contribution in [-0.2, 0) is 0 Å². The zero-order valence-electron chi connectivity index (χ0n) is 13.5. The number of amides is 1. The van der Waals surface area contributed by atoms with E-state index in [9.17, 15) is 9.18 Å². The first kappa shape index (κ1) is 16.4. The lowest BCUT2D eigenvalue weighted by Crippen LogP contribution is -2.12. The van der Waals surface area contributed by atoms with Crippen LogP contribution in [0.3, 0.4) is 0 Å². The highest BCUT2D eigenvalue weighted by molar-refractivity contribution is 6.04. The second-order valence-electron chi connectivity index (χ2n) is 5.22. The summed E-state index contributed by atoms with van der Waals surface area (Å²) in [6.07, 6.45) is 1.50. The van der Waals surface area contributed by atoms with E-state index >= 15 is 0 Å². The molecular formula is C19H16FN3O2. The molecule has 1 aromatic heterocycles. The van der Waals surface area contributed by atoms with E-state index in [0.717, 1.165) is 0 Å². The lowest BCUT2D eigenvalue weighted by Gasteiger charge is -2.09. The van der Waals surface area contributed by atoms with Crippen LogP contribution in [0.2, 0.25) is 0 Å². The van der Waals surface area contributed by atoms with Gasteiger partial charge in [0.25, 0.3) is 5.91 Å². The van der Waals surface area contributed by atoms with Crippen LogP contribution in [0.5, 0.6) is 5.75 Å². The van der Waals surface area contributed by atoms with Crippen molar-refractivity contribution in [2.75, 3.05) is 17.7 Å². The number of hydrogen-bond donors (Lipinski definition) is 2. The molecule has 0 aliphatic heterocycles. The maximum Gasteiger partial charge on any atom is 0.255 e. The lowest BCUT2D eigenvalue weighted by molar-refractivity contribution is 0.102. The first-order valence-electron chi connectivity index (χ1n) is 7.59. The predicted molar refractivity (Wildman–Crippen MR) is 94.9 cm³/mol. The van der Waals surface area contributed by atoms with Gasteiger partial charge in [-0.25, -0.2) is 9.37 Å². The number of halogens is 1. The fraction of sp³-hybridized carbons (Fsp3) is 0.0526. The Hall–Kier alpha value is -3.41. The summed E-state index contributed by atoms with van der Waals surface area (Å²) in [5.41, 5.74) is 1.35. The minimum Gasteiger partial charge on any atom is -0.497 e. The second kappa shape index (κ2) is 7.44. The summed E-state index contributed by atoms with van der Waals surface area (Å²) in [5.74, 6) is 0.454. The molecule has 0 bridgehead atoms. The highest BCUT2D eigenvalue weighted by atomic mass is 19.1. The molecule has 0 atom stereocenters. The summed E-state index contributed by atoms with van der Waals surface area (Å²) < 4.78 is 18.7. The largest absolute Gasteiger partial charge is 0.497 e. The number of pyridine rings is 1. The number of ether oxygens (including phenoxy) is 1. The number of aromatic nitrogens is 1. The highest BCUT2D eigenvalue weighted by Gasteiger charge is 2.08. The molecule has 0 radical (unpaired) electrons. The molecule has 5 nitrogen and oxygen atoms in total. The molecule has 0 aliphatic carbocycles. The van der Waals surface area contributed by atoms with E-state index in [1.807, 2.05) is 0 Å². The van der Waals surface area contributed by atoms with Crippen molar-refractivity contribution < 1.29 is 13.9 Å². The van der Waals surface area contributed by atoms with Gasteiger partial charge in [-0.1, -0.05) is 18.2 Å². The van der Waals surface area contributed by atoms with Gasteiger partial charge in [-0.05, 0) is 42.5 Å². The minimum absolute atomic E-state index is 0.268. The van der Waals surface area contributed by atoms with Crippen LogP contribution in [0.15, 0.2) is 66.9 Å². The van der Waals surface area contributed by atoms with Crippen LogP contribution >= 0.6 is 0 Å². The van der Waals surface area contributed by atoms with E-state index in [4.69, 9.17) is 4.74 Å². The van der Waals surface area contributed by atoms with E-state index in [1.54, 1.807) is 61.7 Å². The SMILES string of the molecule is COc1cccc(C(=O)Nc2ccc(Nc3ccccc3F)nc2)c1. The van der Waals surface area contributed by atoms with Crippen molar-refractivity contribution in [3.05, 3.63) is 78.2 Å². The zero-order chi connectivity index (χ0) is 17.6. The smallest absolute Gasteiger partial charge is 0.255 e. The molecule has 3 aromatic rings. The molecule has 2 N–H and O–H groups in total. The van der Waals surface area contributed by atoms with Crippen molar-refractivity contribution in [1.29, 1.82) is 0 Å². The van der Waals surface area contributed by atoms with Crippen LogP contribution in [-0.4, -0.2) is 18.0 Å². The van der Waals surface area contributed by atoms with Crippen LogP contribution in [0.1, 0.15) is 10.4 Å². The number of carbonyl (C=O) groups excluding carboxylic acids is 1. The monoisotopic (exact) mass is 337 g/mol. The summed E-state index contributed by atoms with van der Waals surface area (Å²) in [4.78, 5) is 16.4. The van der Waals surface area contributed by atoms with Gasteiger partial charge in [0.05, 0.1) is 24.7 Å². The molecule has 1 heterocycles. The van der Waals surface area contributed by atoms with Gasteiger partial charge in [0, 0.05) is 5.56 Å². The Bertz CT molecular complexity index is 882. The quantitative estimate of drug-likeness (QED) is 0.731. The van der Waals surface area contributed by atoms with Crippen molar-refractivity contribution in [2.45, 2.75) is 0 Å². The molecule has 3 rings (SSSR count). The van der Waals surface area contributed by atoms with Crippen LogP contribution in [0.25, 0.3) is 0 Å². The zero-order valence-corrected chi connectivity index (χ0v) is 13.5.